The van der Waals surface area contributed by atoms with E-state index < -0.39 is 0 Å². The molecular weight excluding hydrogens is 338 g/mol. The van der Waals surface area contributed by atoms with Gasteiger partial charge in [0, 0.05) is 50.5 Å². The zero-order valence-corrected chi connectivity index (χ0v) is 15.5. The van der Waals surface area contributed by atoms with Gasteiger partial charge in [-0.2, -0.15) is 0 Å². The number of hydrogen-bond donors (Lipinski definition) is 1. The van der Waals surface area contributed by atoms with E-state index in [1.165, 1.54) is 0 Å². The van der Waals surface area contributed by atoms with Crippen LogP contribution in [0.25, 0.3) is 6.08 Å². The summed E-state index contributed by atoms with van der Waals surface area (Å²) in [6.45, 7) is 5.16. The number of nitrogens with zero attached hydrogens (tertiary/aromatic N) is 4. The van der Waals surface area contributed by atoms with Crippen LogP contribution in [0.2, 0.25) is 0 Å². The van der Waals surface area contributed by atoms with Gasteiger partial charge < -0.3 is 5.32 Å². The summed E-state index contributed by atoms with van der Waals surface area (Å²) >= 11 is 0. The largest absolute Gasteiger partial charge is 0.353 e. The summed E-state index contributed by atoms with van der Waals surface area (Å²) in [4.78, 5) is 27.2. The predicted molar refractivity (Wildman–Crippen MR) is 103 cm³/mol. The smallest absolute Gasteiger partial charge is 0.244 e. The molecule has 2 fully saturated rings. The molecule has 1 aliphatic carbocycles. The van der Waals surface area contributed by atoms with E-state index in [4.69, 9.17) is 0 Å². The maximum absolute atomic E-state index is 11.9. The molecule has 6 nitrogen and oxygen atoms in total. The zero-order chi connectivity index (χ0) is 18.6. The van der Waals surface area contributed by atoms with E-state index in [9.17, 15) is 4.79 Å². The summed E-state index contributed by atoms with van der Waals surface area (Å²) in [6, 6.07) is 5.91. The molecule has 2 aliphatic rings. The average molecular weight is 363 g/mol. The summed E-state index contributed by atoms with van der Waals surface area (Å²) in [7, 11) is 0. The Kier molecular flexibility index (Phi) is 5.25. The zero-order valence-electron chi connectivity index (χ0n) is 15.5. The Labute approximate surface area is 159 Å². The Balaban J connectivity index is 1.16. The number of likely N-dealkylation sites (tertiary alicyclic amines) is 1. The van der Waals surface area contributed by atoms with Gasteiger partial charge in [0.05, 0.1) is 6.04 Å². The number of pyridine rings is 1. The Morgan fingerprint density at radius 1 is 1.26 bits per heavy atom. The highest BCUT2D eigenvalue weighted by Gasteiger charge is 2.55. The third-order valence-electron chi connectivity index (χ3n) is 5.80. The molecule has 2 aromatic rings. The maximum atomic E-state index is 11.9. The average Bonchev–Trinajstić information content (AvgIpc) is 3.16. The number of fused-ring (bicyclic) bond motifs is 1. The third kappa shape index (κ3) is 4.22. The minimum Gasteiger partial charge on any atom is -0.353 e. The maximum Gasteiger partial charge on any atom is 0.244 e. The minimum atomic E-state index is -0.0406. The molecule has 2 unspecified atom stereocenters. The van der Waals surface area contributed by atoms with Crippen LogP contribution in [0.5, 0.6) is 0 Å². The fourth-order valence-electron chi connectivity index (χ4n) is 4.18. The molecule has 27 heavy (non-hydrogen) atoms. The van der Waals surface area contributed by atoms with Crippen molar-refractivity contribution in [2.75, 3.05) is 19.6 Å². The van der Waals surface area contributed by atoms with Crippen molar-refractivity contribution in [3.63, 3.8) is 0 Å². The van der Waals surface area contributed by atoms with Crippen molar-refractivity contribution in [3.8, 4) is 0 Å². The van der Waals surface area contributed by atoms with Crippen LogP contribution in [0.3, 0.4) is 0 Å². The Bertz CT molecular complexity index is 783. The molecule has 1 aliphatic heterocycles. The van der Waals surface area contributed by atoms with Gasteiger partial charge >= 0.3 is 0 Å². The molecule has 1 N–H and O–H groups in total. The monoisotopic (exact) mass is 363 g/mol. The normalized spacial score (nSPS) is 25.3. The van der Waals surface area contributed by atoms with Gasteiger partial charge in [-0.15, -0.1) is 0 Å². The summed E-state index contributed by atoms with van der Waals surface area (Å²) < 4.78 is 0. The second-order valence-corrected chi connectivity index (χ2v) is 7.43. The second kappa shape index (κ2) is 7.96. The van der Waals surface area contributed by atoms with Crippen LogP contribution in [0.15, 0.2) is 49.1 Å². The number of amides is 1. The van der Waals surface area contributed by atoms with Gasteiger partial charge in [0.15, 0.2) is 0 Å². The van der Waals surface area contributed by atoms with Crippen LogP contribution in [-0.2, 0) is 4.79 Å². The van der Waals surface area contributed by atoms with Crippen molar-refractivity contribution < 1.29 is 4.79 Å². The van der Waals surface area contributed by atoms with Crippen LogP contribution in [0, 0.1) is 17.8 Å². The molecule has 1 saturated heterocycles. The van der Waals surface area contributed by atoms with Gasteiger partial charge in [0.1, 0.15) is 5.82 Å². The fourth-order valence-corrected chi connectivity index (χ4v) is 4.18. The molecule has 1 amide bonds. The molecule has 140 valence electrons. The summed E-state index contributed by atoms with van der Waals surface area (Å²) in [5.41, 5.74) is 0.931. The standard InChI is InChI=1S/C21H25N5O/c1-15(21-24-9-3-10-25-21)26-13-18-17(19(18)14-26)7-11-23-20(27)6-5-16-4-2-8-22-12-16/h2-6,8-10,12,15,17-19H,7,11,13-14H2,1H3,(H,23,27)/b6-5+/t15?,17?,18-,19+. The van der Waals surface area contributed by atoms with Gasteiger partial charge in [-0.05, 0) is 54.9 Å². The molecule has 2 aromatic heterocycles. The van der Waals surface area contributed by atoms with Gasteiger partial charge in [-0.1, -0.05) is 6.07 Å². The lowest BCUT2D eigenvalue weighted by Gasteiger charge is -2.25. The first-order valence-electron chi connectivity index (χ1n) is 9.59. The molecule has 0 aromatic carbocycles. The first-order chi connectivity index (χ1) is 13.2. The van der Waals surface area contributed by atoms with Crippen molar-refractivity contribution in [2.45, 2.75) is 19.4 Å². The lowest BCUT2D eigenvalue weighted by Crippen LogP contribution is -2.30. The van der Waals surface area contributed by atoms with E-state index >= 15 is 0 Å². The lowest BCUT2D eigenvalue weighted by molar-refractivity contribution is -0.116. The quantitative estimate of drug-likeness (QED) is 0.765. The molecule has 4 atom stereocenters. The number of carbonyl (C=O) groups excluding carboxylic acids is 1. The summed E-state index contributed by atoms with van der Waals surface area (Å²) in [5.74, 6) is 3.13. The van der Waals surface area contributed by atoms with Crippen LogP contribution >= 0.6 is 0 Å². The van der Waals surface area contributed by atoms with Gasteiger partial charge in [0.25, 0.3) is 0 Å². The van der Waals surface area contributed by atoms with E-state index in [0.29, 0.717) is 0 Å². The van der Waals surface area contributed by atoms with Crippen LogP contribution in [-0.4, -0.2) is 45.4 Å². The molecule has 3 heterocycles. The number of piperidine rings is 1. The van der Waals surface area contributed by atoms with E-state index in [1.807, 2.05) is 30.6 Å². The van der Waals surface area contributed by atoms with Crippen LogP contribution < -0.4 is 5.32 Å². The van der Waals surface area contributed by atoms with Crippen molar-refractivity contribution >= 4 is 12.0 Å². The van der Waals surface area contributed by atoms with Gasteiger partial charge in [-0.25, -0.2) is 9.97 Å². The third-order valence-corrected chi connectivity index (χ3v) is 5.80. The number of aromatic nitrogens is 3. The van der Waals surface area contributed by atoms with Crippen LogP contribution in [0.4, 0.5) is 0 Å². The van der Waals surface area contributed by atoms with Crippen molar-refractivity contribution in [3.05, 3.63) is 60.5 Å². The van der Waals surface area contributed by atoms with E-state index in [1.54, 1.807) is 24.5 Å². The summed E-state index contributed by atoms with van der Waals surface area (Å²) in [6.07, 6.45) is 11.5. The Morgan fingerprint density at radius 2 is 2.04 bits per heavy atom. The minimum absolute atomic E-state index is 0.0406. The SMILES string of the molecule is CC(c1ncccn1)N1C[C@@H]2C(CCNC(=O)/C=C/c3cccnc3)[C@@H]2C1. The molecule has 0 spiro atoms. The topological polar surface area (TPSA) is 71.0 Å². The molecule has 0 radical (unpaired) electrons. The van der Waals surface area contributed by atoms with Gasteiger partial charge in [-0.3, -0.25) is 14.7 Å². The highest BCUT2D eigenvalue weighted by molar-refractivity contribution is 5.91. The van der Waals surface area contributed by atoms with Gasteiger partial charge in [0.2, 0.25) is 5.91 Å². The first kappa shape index (κ1) is 17.8. The number of rotatable bonds is 7. The highest BCUT2D eigenvalue weighted by atomic mass is 16.1. The van der Waals surface area contributed by atoms with E-state index in [0.717, 1.165) is 55.2 Å². The second-order valence-electron chi connectivity index (χ2n) is 7.43. The van der Waals surface area contributed by atoms with E-state index in [-0.39, 0.29) is 11.9 Å². The molecule has 4 rings (SSSR count). The van der Waals surface area contributed by atoms with Crippen molar-refractivity contribution in [1.29, 1.82) is 0 Å². The van der Waals surface area contributed by atoms with Crippen LogP contribution in [0.1, 0.15) is 30.8 Å². The molecule has 0 bridgehead atoms. The van der Waals surface area contributed by atoms with E-state index in [2.05, 4.69) is 32.1 Å². The van der Waals surface area contributed by atoms with Crippen molar-refractivity contribution in [2.24, 2.45) is 17.8 Å². The Hall–Kier alpha value is -2.60. The highest BCUT2D eigenvalue weighted by Crippen LogP contribution is 2.54. The first-order valence-corrected chi connectivity index (χ1v) is 9.59. The number of hydrogen-bond acceptors (Lipinski definition) is 5. The van der Waals surface area contributed by atoms with Crippen molar-refractivity contribution in [1.82, 2.24) is 25.2 Å². The molecule has 6 heteroatoms. The molecule has 1 saturated carbocycles. The Morgan fingerprint density at radius 3 is 2.74 bits per heavy atom. The lowest BCUT2D eigenvalue weighted by atomic mass is 10.1. The number of nitrogens with one attached hydrogen (secondary N) is 1. The fraction of sp³-hybridized carbons (Fsp3) is 0.429. The number of carbonyl (C=O) groups is 1. The predicted octanol–water partition coefficient (Wildman–Crippen LogP) is 2.33. The summed E-state index contributed by atoms with van der Waals surface area (Å²) in [5, 5.41) is 2.99. The molecular formula is C21H25N5O.